The number of nitrogens with zero attached hydrogens (tertiary/aromatic N) is 1. The Balaban J connectivity index is 2.17. The molecule has 0 spiro atoms. The van der Waals surface area contributed by atoms with Gasteiger partial charge in [0.15, 0.2) is 0 Å². The first-order chi connectivity index (χ1) is 7.58. The maximum Gasteiger partial charge on any atom is 0.253 e. The maximum absolute atomic E-state index is 11.2. The Morgan fingerprint density at radius 2 is 1.88 bits per heavy atom. The number of nitrogens with one attached hydrogen (secondary N) is 3. The van der Waals surface area contributed by atoms with E-state index in [1.165, 1.54) is 0 Å². The second-order valence-electron chi connectivity index (χ2n) is 3.30. The fourth-order valence-electron chi connectivity index (χ4n) is 1.16. The van der Waals surface area contributed by atoms with Crippen LogP contribution in [0.1, 0.15) is 0 Å². The van der Waals surface area contributed by atoms with Gasteiger partial charge in [-0.1, -0.05) is 0 Å². The highest BCUT2D eigenvalue weighted by Gasteiger charge is 2.40. The Hall–Kier alpha value is -1.71. The van der Waals surface area contributed by atoms with Crippen LogP contribution < -0.4 is 27.9 Å². The van der Waals surface area contributed by atoms with Crippen molar-refractivity contribution in [2.45, 2.75) is 6.04 Å². The molecule has 0 bridgehead atoms. The third-order valence-corrected chi connectivity index (χ3v) is 2.11. The smallest absolute Gasteiger partial charge is 0.253 e. The molecule has 9 heteroatoms. The number of carbonyl (C=O) groups is 3. The monoisotopic (exact) mass is 230 g/mol. The molecule has 1 heterocycles. The molecule has 7 N–H and O–H groups in total. The topological polar surface area (TPSA) is 142 Å². The summed E-state index contributed by atoms with van der Waals surface area (Å²) in [6.45, 7) is 0.354. The van der Waals surface area contributed by atoms with Crippen LogP contribution in [0, 0.1) is 0 Å². The lowest BCUT2D eigenvalue weighted by atomic mass is 10.4. The van der Waals surface area contributed by atoms with Gasteiger partial charge in [0.2, 0.25) is 5.91 Å². The molecule has 90 valence electrons. The highest BCUT2D eigenvalue weighted by molar-refractivity contribution is 5.88. The highest BCUT2D eigenvalue weighted by atomic mass is 16.2. The van der Waals surface area contributed by atoms with Crippen molar-refractivity contribution >= 4 is 17.7 Å². The fourth-order valence-corrected chi connectivity index (χ4v) is 1.16. The van der Waals surface area contributed by atoms with E-state index < -0.39 is 5.91 Å². The molecule has 1 aliphatic rings. The van der Waals surface area contributed by atoms with Crippen molar-refractivity contribution < 1.29 is 14.4 Å². The zero-order valence-electron chi connectivity index (χ0n) is 8.53. The van der Waals surface area contributed by atoms with Crippen molar-refractivity contribution in [1.29, 1.82) is 0 Å². The molecule has 0 aliphatic carbocycles. The van der Waals surface area contributed by atoms with Crippen molar-refractivity contribution in [3.63, 3.8) is 0 Å². The fraction of sp³-hybridized carbons (Fsp3) is 0.571. The Kier molecular flexibility index (Phi) is 4.17. The number of carbonyl (C=O) groups excluding carboxylic acids is 3. The average Bonchev–Trinajstić information content (AvgIpc) is 3.04. The average molecular weight is 230 g/mol. The summed E-state index contributed by atoms with van der Waals surface area (Å²) in [7, 11) is 0. The van der Waals surface area contributed by atoms with Crippen molar-refractivity contribution in [3.8, 4) is 0 Å². The third-order valence-electron chi connectivity index (χ3n) is 2.11. The minimum Gasteiger partial charge on any atom is -0.346 e. The van der Waals surface area contributed by atoms with Gasteiger partial charge in [-0.05, 0) is 0 Å². The number of hydrazine groups is 2. The molecule has 9 nitrogen and oxygen atoms in total. The molecular weight excluding hydrogens is 216 g/mol. The minimum absolute atomic E-state index is 0.0515. The number of amides is 3. The van der Waals surface area contributed by atoms with Gasteiger partial charge in [0, 0.05) is 6.54 Å². The molecule has 0 aromatic carbocycles. The van der Waals surface area contributed by atoms with Gasteiger partial charge in [0.1, 0.15) is 6.04 Å². The van der Waals surface area contributed by atoms with E-state index in [-0.39, 0.29) is 30.9 Å². The quantitative estimate of drug-likeness (QED) is 0.140. The van der Waals surface area contributed by atoms with Gasteiger partial charge in [0.25, 0.3) is 11.8 Å². The van der Waals surface area contributed by atoms with Crippen LogP contribution in [0.3, 0.4) is 0 Å². The van der Waals surface area contributed by atoms with Crippen LogP contribution in [0.4, 0.5) is 0 Å². The van der Waals surface area contributed by atoms with E-state index in [1.807, 2.05) is 10.9 Å². The van der Waals surface area contributed by atoms with Crippen molar-refractivity contribution in [2.24, 2.45) is 11.7 Å². The Morgan fingerprint density at radius 1 is 1.19 bits per heavy atom. The molecule has 1 fully saturated rings. The molecule has 0 aromatic rings. The normalized spacial score (nSPS) is 22.1. The number of nitrogens with two attached hydrogens (primary N) is 2. The molecule has 2 atom stereocenters. The molecule has 2 unspecified atom stereocenters. The lowest BCUT2D eigenvalue weighted by molar-refractivity contribution is -0.126. The Morgan fingerprint density at radius 3 is 2.44 bits per heavy atom. The second kappa shape index (κ2) is 5.39. The summed E-state index contributed by atoms with van der Waals surface area (Å²) in [4.78, 5) is 34.5. The van der Waals surface area contributed by atoms with Gasteiger partial charge in [-0.25, -0.2) is 11.7 Å². The summed E-state index contributed by atoms with van der Waals surface area (Å²) >= 11 is 0. The summed E-state index contributed by atoms with van der Waals surface area (Å²) in [6.07, 6.45) is 0. The first-order valence-corrected chi connectivity index (χ1v) is 4.59. The third kappa shape index (κ3) is 3.46. The summed E-state index contributed by atoms with van der Waals surface area (Å²) in [6, 6.07) is -0.348. The standard InChI is InChI=1S/C7H14N6O3/c8-11-5(14)1-10-6(15)3-13-2-4(13)7(16)12-9/h4H,1-3,8-9H2,(H,10,15)(H,11,14)(H,12,16). The zero-order valence-corrected chi connectivity index (χ0v) is 8.53. The van der Waals surface area contributed by atoms with E-state index in [0.717, 1.165) is 0 Å². The number of hydrogen-bond donors (Lipinski definition) is 5. The van der Waals surface area contributed by atoms with E-state index in [1.54, 1.807) is 4.90 Å². The number of hydrogen-bond acceptors (Lipinski definition) is 6. The second-order valence-corrected chi connectivity index (χ2v) is 3.30. The highest BCUT2D eigenvalue weighted by Crippen LogP contribution is 2.15. The SMILES string of the molecule is NNC(=O)CNC(=O)CN1CC1C(=O)NN. The predicted octanol–water partition coefficient (Wildman–Crippen LogP) is -4.23. The Bertz CT molecular complexity index is 306. The molecule has 3 amide bonds. The van der Waals surface area contributed by atoms with Gasteiger partial charge in [-0.3, -0.25) is 30.1 Å². The van der Waals surface area contributed by atoms with Crippen LogP contribution >= 0.6 is 0 Å². The molecule has 0 radical (unpaired) electrons. The molecule has 0 saturated carbocycles. The van der Waals surface area contributed by atoms with Crippen molar-refractivity contribution in [3.05, 3.63) is 0 Å². The minimum atomic E-state index is -0.490. The van der Waals surface area contributed by atoms with Gasteiger partial charge in [0.05, 0.1) is 13.1 Å². The molecule has 1 aliphatic heterocycles. The van der Waals surface area contributed by atoms with Gasteiger partial charge in [-0.15, -0.1) is 0 Å². The molecule has 1 rings (SSSR count). The summed E-state index contributed by atoms with van der Waals surface area (Å²) < 4.78 is 0. The van der Waals surface area contributed by atoms with E-state index in [9.17, 15) is 14.4 Å². The first kappa shape index (κ1) is 12.4. The molecular formula is C7H14N6O3. The molecule has 1 saturated heterocycles. The summed E-state index contributed by atoms with van der Waals surface area (Å²) in [5.74, 6) is 8.58. The van der Waals surface area contributed by atoms with Gasteiger partial charge in [-0.2, -0.15) is 0 Å². The molecule has 0 aromatic heterocycles. The van der Waals surface area contributed by atoms with Crippen LogP contribution in [0.25, 0.3) is 0 Å². The van der Waals surface area contributed by atoms with Crippen LogP contribution in [-0.2, 0) is 14.4 Å². The lowest BCUT2D eigenvalue weighted by Crippen LogP contribution is -2.42. The maximum atomic E-state index is 11.2. The van der Waals surface area contributed by atoms with Gasteiger partial charge < -0.3 is 5.32 Å². The summed E-state index contributed by atoms with van der Waals surface area (Å²) in [5.41, 5.74) is 3.87. The van der Waals surface area contributed by atoms with E-state index in [0.29, 0.717) is 6.54 Å². The first-order valence-electron chi connectivity index (χ1n) is 4.59. The van der Waals surface area contributed by atoms with E-state index in [2.05, 4.69) is 5.32 Å². The van der Waals surface area contributed by atoms with Crippen LogP contribution in [0.2, 0.25) is 0 Å². The predicted molar refractivity (Wildman–Crippen MR) is 53.0 cm³/mol. The van der Waals surface area contributed by atoms with Crippen LogP contribution in [0.15, 0.2) is 0 Å². The van der Waals surface area contributed by atoms with E-state index in [4.69, 9.17) is 11.7 Å². The Labute approximate surface area is 91.4 Å². The van der Waals surface area contributed by atoms with Crippen molar-refractivity contribution in [2.75, 3.05) is 19.6 Å². The zero-order chi connectivity index (χ0) is 12.1. The van der Waals surface area contributed by atoms with Crippen molar-refractivity contribution in [1.82, 2.24) is 21.1 Å². The number of rotatable bonds is 5. The van der Waals surface area contributed by atoms with Crippen LogP contribution in [-0.4, -0.2) is 48.3 Å². The summed E-state index contributed by atoms with van der Waals surface area (Å²) in [5, 5.41) is 2.35. The lowest BCUT2D eigenvalue weighted by Gasteiger charge is -2.05. The van der Waals surface area contributed by atoms with Crippen LogP contribution in [0.5, 0.6) is 0 Å². The van der Waals surface area contributed by atoms with E-state index >= 15 is 0 Å². The largest absolute Gasteiger partial charge is 0.346 e. The molecule has 16 heavy (non-hydrogen) atoms. The van der Waals surface area contributed by atoms with Gasteiger partial charge >= 0.3 is 0 Å².